The number of aliphatic carboxylic acids is 1. The second-order valence-electron chi connectivity index (χ2n) is 5.04. The van der Waals surface area contributed by atoms with Gasteiger partial charge in [0, 0.05) is 12.4 Å². The van der Waals surface area contributed by atoms with Crippen molar-refractivity contribution in [2.45, 2.75) is 18.1 Å². The standard InChI is InChI=1S/C16H15N5O2S/c1-11(12-5-3-2-4-6-12)21-15(13-9-17-7-8-18-13)19-20-16(21)24-10-14(22)23/h2-9,11H,10H2,1H3,(H,22,23)/t11-/m0/s1. The first-order valence-electron chi connectivity index (χ1n) is 7.27. The molecular weight excluding hydrogens is 326 g/mol. The van der Waals surface area contributed by atoms with Crippen LogP contribution >= 0.6 is 11.8 Å². The van der Waals surface area contributed by atoms with Gasteiger partial charge in [0.25, 0.3) is 0 Å². The second kappa shape index (κ2) is 7.22. The number of aromatic nitrogens is 5. The number of carboxylic acid groups (broad SMARTS) is 1. The first kappa shape index (κ1) is 16.1. The third-order valence-corrected chi connectivity index (χ3v) is 4.38. The highest BCUT2D eigenvalue weighted by molar-refractivity contribution is 7.99. The van der Waals surface area contributed by atoms with Gasteiger partial charge in [-0.05, 0) is 12.5 Å². The quantitative estimate of drug-likeness (QED) is 0.688. The molecule has 0 aliphatic rings. The molecule has 1 N–H and O–H groups in total. The zero-order valence-electron chi connectivity index (χ0n) is 12.9. The molecule has 0 fully saturated rings. The molecule has 0 saturated heterocycles. The predicted molar refractivity (Wildman–Crippen MR) is 89.7 cm³/mol. The lowest BCUT2D eigenvalue weighted by Crippen LogP contribution is -2.11. The Morgan fingerprint density at radius 3 is 2.71 bits per heavy atom. The molecule has 0 amide bonds. The molecule has 0 radical (unpaired) electrons. The van der Waals surface area contributed by atoms with Crippen molar-refractivity contribution in [2.75, 3.05) is 5.75 Å². The number of hydrogen-bond donors (Lipinski definition) is 1. The van der Waals surface area contributed by atoms with E-state index in [4.69, 9.17) is 5.11 Å². The maximum absolute atomic E-state index is 10.9. The van der Waals surface area contributed by atoms with Gasteiger partial charge in [-0.15, -0.1) is 10.2 Å². The molecule has 0 aliphatic heterocycles. The van der Waals surface area contributed by atoms with E-state index in [0.29, 0.717) is 16.7 Å². The Morgan fingerprint density at radius 1 is 1.25 bits per heavy atom. The number of benzene rings is 1. The van der Waals surface area contributed by atoms with Crippen LogP contribution in [0.5, 0.6) is 0 Å². The number of nitrogens with zero attached hydrogens (tertiary/aromatic N) is 5. The lowest BCUT2D eigenvalue weighted by atomic mass is 10.1. The average molecular weight is 341 g/mol. The van der Waals surface area contributed by atoms with Crippen molar-refractivity contribution in [2.24, 2.45) is 0 Å². The van der Waals surface area contributed by atoms with Crippen LogP contribution < -0.4 is 0 Å². The summed E-state index contributed by atoms with van der Waals surface area (Å²) in [6.07, 6.45) is 4.79. The van der Waals surface area contributed by atoms with E-state index in [1.165, 1.54) is 0 Å². The highest BCUT2D eigenvalue weighted by Crippen LogP contribution is 2.29. The van der Waals surface area contributed by atoms with Crippen LogP contribution in [-0.4, -0.2) is 41.6 Å². The van der Waals surface area contributed by atoms with Crippen molar-refractivity contribution < 1.29 is 9.90 Å². The number of carboxylic acids is 1. The molecule has 0 bridgehead atoms. The van der Waals surface area contributed by atoms with Crippen LogP contribution in [0, 0.1) is 0 Å². The lowest BCUT2D eigenvalue weighted by Gasteiger charge is -2.18. The summed E-state index contributed by atoms with van der Waals surface area (Å²) in [6.45, 7) is 2.02. The fourth-order valence-corrected chi connectivity index (χ4v) is 3.06. The molecule has 122 valence electrons. The zero-order chi connectivity index (χ0) is 16.9. The molecule has 7 nitrogen and oxygen atoms in total. The lowest BCUT2D eigenvalue weighted by molar-refractivity contribution is -0.133. The Kier molecular flexibility index (Phi) is 4.85. The molecule has 3 rings (SSSR count). The number of hydrogen-bond acceptors (Lipinski definition) is 6. The smallest absolute Gasteiger partial charge is 0.313 e. The van der Waals surface area contributed by atoms with Crippen molar-refractivity contribution in [1.29, 1.82) is 0 Å². The normalized spacial score (nSPS) is 12.0. The van der Waals surface area contributed by atoms with Crippen molar-refractivity contribution in [1.82, 2.24) is 24.7 Å². The molecule has 0 saturated carbocycles. The molecule has 24 heavy (non-hydrogen) atoms. The Morgan fingerprint density at radius 2 is 2.04 bits per heavy atom. The van der Waals surface area contributed by atoms with E-state index in [1.54, 1.807) is 18.6 Å². The summed E-state index contributed by atoms with van der Waals surface area (Å²) in [4.78, 5) is 19.3. The summed E-state index contributed by atoms with van der Waals surface area (Å²) in [5.74, 6) is -0.421. The minimum absolute atomic E-state index is 0.0745. The summed E-state index contributed by atoms with van der Waals surface area (Å²) < 4.78 is 1.90. The first-order valence-corrected chi connectivity index (χ1v) is 8.26. The zero-order valence-corrected chi connectivity index (χ0v) is 13.7. The van der Waals surface area contributed by atoms with Crippen LogP contribution in [0.25, 0.3) is 11.5 Å². The van der Waals surface area contributed by atoms with Gasteiger partial charge in [0.2, 0.25) is 0 Å². The van der Waals surface area contributed by atoms with Crippen molar-refractivity contribution in [3.05, 3.63) is 54.5 Å². The van der Waals surface area contributed by atoms with Crippen LogP contribution in [0.3, 0.4) is 0 Å². The molecule has 2 heterocycles. The van der Waals surface area contributed by atoms with Crippen LogP contribution in [0.1, 0.15) is 18.5 Å². The molecule has 0 spiro atoms. The molecule has 1 aromatic carbocycles. The highest BCUT2D eigenvalue weighted by atomic mass is 32.2. The van der Waals surface area contributed by atoms with Gasteiger partial charge in [0.05, 0.1) is 18.0 Å². The van der Waals surface area contributed by atoms with E-state index >= 15 is 0 Å². The van der Waals surface area contributed by atoms with Gasteiger partial charge in [-0.3, -0.25) is 14.3 Å². The third kappa shape index (κ3) is 3.43. The van der Waals surface area contributed by atoms with Crippen LogP contribution in [0.4, 0.5) is 0 Å². The Hall–Kier alpha value is -2.74. The summed E-state index contributed by atoms with van der Waals surface area (Å²) in [5.41, 5.74) is 1.66. The fourth-order valence-electron chi connectivity index (χ4n) is 2.32. The minimum Gasteiger partial charge on any atom is -0.481 e. The first-order chi connectivity index (χ1) is 11.7. The van der Waals surface area contributed by atoms with E-state index in [2.05, 4.69) is 20.2 Å². The molecule has 8 heteroatoms. The van der Waals surface area contributed by atoms with E-state index in [-0.39, 0.29) is 11.8 Å². The third-order valence-electron chi connectivity index (χ3n) is 3.45. The molecule has 0 aliphatic carbocycles. The van der Waals surface area contributed by atoms with Gasteiger partial charge in [-0.25, -0.2) is 4.98 Å². The molecule has 3 aromatic rings. The Labute approximate surface area is 142 Å². The predicted octanol–water partition coefficient (Wildman–Crippen LogP) is 2.52. The molecule has 2 aromatic heterocycles. The van der Waals surface area contributed by atoms with Gasteiger partial charge in [0.15, 0.2) is 11.0 Å². The Balaban J connectivity index is 2.05. The SMILES string of the molecule is C[C@@H](c1ccccc1)n1c(SCC(=O)O)nnc1-c1cnccn1. The van der Waals surface area contributed by atoms with E-state index in [9.17, 15) is 4.79 Å². The summed E-state index contributed by atoms with van der Waals surface area (Å²) >= 11 is 1.14. The van der Waals surface area contributed by atoms with E-state index in [0.717, 1.165) is 17.3 Å². The van der Waals surface area contributed by atoms with Crippen LogP contribution in [0.15, 0.2) is 54.1 Å². The summed E-state index contributed by atoms with van der Waals surface area (Å²) in [7, 11) is 0. The minimum atomic E-state index is -0.900. The number of rotatable bonds is 6. The van der Waals surface area contributed by atoms with Crippen LogP contribution in [0.2, 0.25) is 0 Å². The second-order valence-corrected chi connectivity index (χ2v) is 5.98. The summed E-state index contributed by atoms with van der Waals surface area (Å²) in [6, 6.07) is 9.82. The largest absolute Gasteiger partial charge is 0.481 e. The fraction of sp³-hybridized carbons (Fsp3) is 0.188. The van der Waals surface area contributed by atoms with Gasteiger partial charge in [0.1, 0.15) is 5.69 Å². The monoisotopic (exact) mass is 341 g/mol. The van der Waals surface area contributed by atoms with Gasteiger partial charge in [-0.2, -0.15) is 0 Å². The maximum atomic E-state index is 10.9. The van der Waals surface area contributed by atoms with Crippen molar-refractivity contribution in [3.8, 4) is 11.5 Å². The Bertz CT molecular complexity index is 823. The molecule has 1 atom stereocenters. The van der Waals surface area contributed by atoms with Crippen molar-refractivity contribution >= 4 is 17.7 Å². The molecule has 0 unspecified atom stereocenters. The van der Waals surface area contributed by atoms with E-state index in [1.807, 2.05) is 41.8 Å². The molecular formula is C16H15N5O2S. The average Bonchev–Trinajstić information content (AvgIpc) is 3.04. The topological polar surface area (TPSA) is 93.8 Å². The van der Waals surface area contributed by atoms with Gasteiger partial charge >= 0.3 is 5.97 Å². The number of carbonyl (C=O) groups is 1. The highest BCUT2D eigenvalue weighted by Gasteiger charge is 2.21. The maximum Gasteiger partial charge on any atom is 0.313 e. The number of thioether (sulfide) groups is 1. The van der Waals surface area contributed by atoms with Gasteiger partial charge in [-0.1, -0.05) is 42.1 Å². The van der Waals surface area contributed by atoms with Crippen LogP contribution in [-0.2, 0) is 4.79 Å². The van der Waals surface area contributed by atoms with E-state index < -0.39 is 5.97 Å². The summed E-state index contributed by atoms with van der Waals surface area (Å²) in [5, 5.41) is 17.8. The van der Waals surface area contributed by atoms with Gasteiger partial charge < -0.3 is 5.11 Å². The van der Waals surface area contributed by atoms with Crippen molar-refractivity contribution in [3.63, 3.8) is 0 Å².